The molecule has 2 rings (SSSR count). The zero-order chi connectivity index (χ0) is 15.1. The van der Waals surface area contributed by atoms with Crippen molar-refractivity contribution in [2.75, 3.05) is 13.2 Å². The van der Waals surface area contributed by atoms with Gasteiger partial charge in [0.15, 0.2) is 0 Å². The third kappa shape index (κ3) is 4.00. The number of ether oxygens (including phenoxy) is 1. The first-order chi connectivity index (χ1) is 10.1. The maximum atomic E-state index is 12.6. The topological polar surface area (TPSA) is 81.9 Å². The standard InChI is InChI=1S/C14H25N5O2/c1-12(2)21-10-6-9-15-13(20)14(7-4-3-5-8-14)19-11-16-17-18-19/h11-12H,3-10H2,1-2H3,(H,15,20). The Kier molecular flexibility index (Phi) is 5.67. The number of hydrogen-bond donors (Lipinski definition) is 1. The van der Waals surface area contributed by atoms with Crippen molar-refractivity contribution in [3.8, 4) is 0 Å². The molecule has 21 heavy (non-hydrogen) atoms. The summed E-state index contributed by atoms with van der Waals surface area (Å²) in [6.45, 7) is 5.30. The Morgan fingerprint density at radius 1 is 1.38 bits per heavy atom. The molecule has 0 saturated heterocycles. The van der Waals surface area contributed by atoms with E-state index in [-0.39, 0.29) is 12.0 Å². The minimum atomic E-state index is -0.610. The van der Waals surface area contributed by atoms with Crippen molar-refractivity contribution in [1.82, 2.24) is 25.5 Å². The number of aromatic nitrogens is 4. The molecule has 0 aliphatic heterocycles. The highest BCUT2D eigenvalue weighted by Crippen LogP contribution is 2.34. The highest BCUT2D eigenvalue weighted by molar-refractivity contribution is 5.84. The second-order valence-corrected chi connectivity index (χ2v) is 5.88. The molecule has 1 heterocycles. The lowest BCUT2D eigenvalue weighted by molar-refractivity contribution is -0.132. The molecule has 7 nitrogen and oxygen atoms in total. The molecular formula is C14H25N5O2. The Morgan fingerprint density at radius 3 is 2.76 bits per heavy atom. The summed E-state index contributed by atoms with van der Waals surface area (Å²) in [6, 6.07) is 0. The Labute approximate surface area is 125 Å². The van der Waals surface area contributed by atoms with Gasteiger partial charge in [-0.2, -0.15) is 0 Å². The lowest BCUT2D eigenvalue weighted by atomic mass is 9.81. The van der Waals surface area contributed by atoms with E-state index in [4.69, 9.17) is 4.74 Å². The predicted octanol–water partition coefficient (Wildman–Crippen LogP) is 1.26. The largest absolute Gasteiger partial charge is 0.379 e. The molecule has 0 unspecified atom stereocenters. The number of hydrogen-bond acceptors (Lipinski definition) is 5. The van der Waals surface area contributed by atoms with Crippen LogP contribution in [0.1, 0.15) is 52.4 Å². The van der Waals surface area contributed by atoms with Gasteiger partial charge in [-0.25, -0.2) is 4.68 Å². The summed E-state index contributed by atoms with van der Waals surface area (Å²) in [5.74, 6) is 0.0269. The van der Waals surface area contributed by atoms with Crippen LogP contribution in [0.25, 0.3) is 0 Å². The van der Waals surface area contributed by atoms with Gasteiger partial charge in [-0.05, 0) is 43.5 Å². The van der Waals surface area contributed by atoms with Crippen LogP contribution in [0.2, 0.25) is 0 Å². The first-order valence-electron chi connectivity index (χ1n) is 7.78. The van der Waals surface area contributed by atoms with Crippen LogP contribution >= 0.6 is 0 Å². The Morgan fingerprint density at radius 2 is 2.14 bits per heavy atom. The molecule has 1 aromatic heterocycles. The van der Waals surface area contributed by atoms with E-state index in [0.29, 0.717) is 13.2 Å². The third-order valence-corrected chi connectivity index (χ3v) is 3.95. The van der Waals surface area contributed by atoms with Crippen molar-refractivity contribution in [2.45, 2.75) is 64.0 Å². The van der Waals surface area contributed by atoms with E-state index in [0.717, 1.165) is 32.1 Å². The highest BCUT2D eigenvalue weighted by Gasteiger charge is 2.42. The second-order valence-electron chi connectivity index (χ2n) is 5.88. The number of amides is 1. The van der Waals surface area contributed by atoms with E-state index >= 15 is 0 Å². The minimum Gasteiger partial charge on any atom is -0.379 e. The summed E-state index contributed by atoms with van der Waals surface area (Å²) >= 11 is 0. The van der Waals surface area contributed by atoms with Crippen LogP contribution in [-0.2, 0) is 15.1 Å². The van der Waals surface area contributed by atoms with Gasteiger partial charge >= 0.3 is 0 Å². The average Bonchev–Trinajstić information content (AvgIpc) is 3.01. The van der Waals surface area contributed by atoms with Crippen LogP contribution in [0, 0.1) is 0 Å². The SMILES string of the molecule is CC(C)OCCCNC(=O)C1(n2cnnn2)CCCCC1. The van der Waals surface area contributed by atoms with Crippen LogP contribution in [0.15, 0.2) is 6.33 Å². The summed E-state index contributed by atoms with van der Waals surface area (Å²) in [4.78, 5) is 12.6. The monoisotopic (exact) mass is 295 g/mol. The predicted molar refractivity (Wildman–Crippen MR) is 77.6 cm³/mol. The quantitative estimate of drug-likeness (QED) is 0.766. The van der Waals surface area contributed by atoms with Crippen LogP contribution < -0.4 is 5.32 Å². The average molecular weight is 295 g/mol. The molecule has 0 bridgehead atoms. The Hall–Kier alpha value is -1.50. The van der Waals surface area contributed by atoms with Crippen molar-refractivity contribution < 1.29 is 9.53 Å². The zero-order valence-corrected chi connectivity index (χ0v) is 12.9. The number of carbonyl (C=O) groups excluding carboxylic acids is 1. The molecule has 1 amide bonds. The van der Waals surface area contributed by atoms with E-state index in [2.05, 4.69) is 20.8 Å². The van der Waals surface area contributed by atoms with Crippen molar-refractivity contribution >= 4 is 5.91 Å². The molecule has 7 heteroatoms. The van der Waals surface area contributed by atoms with Gasteiger partial charge in [0.2, 0.25) is 5.91 Å². The van der Waals surface area contributed by atoms with Gasteiger partial charge in [-0.1, -0.05) is 19.3 Å². The maximum Gasteiger partial charge on any atom is 0.248 e. The minimum absolute atomic E-state index is 0.0269. The van der Waals surface area contributed by atoms with E-state index in [1.54, 1.807) is 11.0 Å². The number of rotatable bonds is 7. The van der Waals surface area contributed by atoms with Gasteiger partial charge in [-0.15, -0.1) is 5.10 Å². The summed E-state index contributed by atoms with van der Waals surface area (Å²) < 4.78 is 7.11. The summed E-state index contributed by atoms with van der Waals surface area (Å²) in [6.07, 6.45) is 7.42. The van der Waals surface area contributed by atoms with Crippen LogP contribution in [0.3, 0.4) is 0 Å². The molecule has 0 radical (unpaired) electrons. The van der Waals surface area contributed by atoms with Gasteiger partial charge in [0, 0.05) is 13.2 Å². The molecule has 1 aliphatic rings. The summed E-state index contributed by atoms with van der Waals surface area (Å²) in [7, 11) is 0. The first-order valence-corrected chi connectivity index (χ1v) is 7.78. The molecular weight excluding hydrogens is 270 g/mol. The molecule has 1 fully saturated rings. The summed E-state index contributed by atoms with van der Waals surface area (Å²) in [5.41, 5.74) is -0.610. The second kappa shape index (κ2) is 7.49. The smallest absolute Gasteiger partial charge is 0.248 e. The zero-order valence-electron chi connectivity index (χ0n) is 12.9. The highest BCUT2D eigenvalue weighted by atomic mass is 16.5. The fourth-order valence-corrected chi connectivity index (χ4v) is 2.81. The number of carbonyl (C=O) groups is 1. The molecule has 1 aliphatic carbocycles. The molecule has 1 saturated carbocycles. The van der Waals surface area contributed by atoms with E-state index in [9.17, 15) is 4.79 Å². The fraction of sp³-hybridized carbons (Fsp3) is 0.857. The normalized spacial score (nSPS) is 17.9. The fourth-order valence-electron chi connectivity index (χ4n) is 2.81. The molecule has 0 aromatic carbocycles. The van der Waals surface area contributed by atoms with Crippen molar-refractivity contribution in [2.24, 2.45) is 0 Å². The molecule has 0 spiro atoms. The van der Waals surface area contributed by atoms with Gasteiger partial charge in [-0.3, -0.25) is 4.79 Å². The van der Waals surface area contributed by atoms with Crippen LogP contribution in [-0.4, -0.2) is 45.4 Å². The molecule has 118 valence electrons. The van der Waals surface area contributed by atoms with E-state index in [1.807, 2.05) is 13.8 Å². The molecule has 1 aromatic rings. The first kappa shape index (κ1) is 15.9. The molecule has 0 atom stereocenters. The van der Waals surface area contributed by atoms with Crippen LogP contribution in [0.4, 0.5) is 0 Å². The Bertz CT molecular complexity index is 427. The lowest BCUT2D eigenvalue weighted by Crippen LogP contribution is -2.50. The maximum absolute atomic E-state index is 12.6. The van der Waals surface area contributed by atoms with Crippen molar-refractivity contribution in [3.05, 3.63) is 6.33 Å². The van der Waals surface area contributed by atoms with E-state index < -0.39 is 5.54 Å². The van der Waals surface area contributed by atoms with Gasteiger partial charge < -0.3 is 10.1 Å². The third-order valence-electron chi connectivity index (χ3n) is 3.95. The lowest BCUT2D eigenvalue weighted by Gasteiger charge is -2.35. The molecule has 1 N–H and O–H groups in total. The summed E-state index contributed by atoms with van der Waals surface area (Å²) in [5, 5.41) is 14.4. The van der Waals surface area contributed by atoms with Gasteiger partial charge in [0.05, 0.1) is 6.10 Å². The number of nitrogens with zero attached hydrogens (tertiary/aromatic N) is 4. The Balaban J connectivity index is 1.90. The van der Waals surface area contributed by atoms with Gasteiger partial charge in [0.1, 0.15) is 11.9 Å². The number of tetrazole rings is 1. The van der Waals surface area contributed by atoms with Crippen molar-refractivity contribution in [3.63, 3.8) is 0 Å². The van der Waals surface area contributed by atoms with Crippen molar-refractivity contribution in [1.29, 1.82) is 0 Å². The van der Waals surface area contributed by atoms with E-state index in [1.165, 1.54) is 6.42 Å². The van der Waals surface area contributed by atoms with Crippen LogP contribution in [0.5, 0.6) is 0 Å². The number of nitrogens with one attached hydrogen (secondary N) is 1. The van der Waals surface area contributed by atoms with Gasteiger partial charge in [0.25, 0.3) is 0 Å².